The summed E-state index contributed by atoms with van der Waals surface area (Å²) in [5.74, 6) is -0.482. The van der Waals surface area contributed by atoms with Gasteiger partial charge < -0.3 is 16.2 Å². The SMILES string of the molecule is COc1ccc(C(=O)CSC2=NC(N)=C(C#N)C3(CCCC3)C2C(N)=O)cc1. The third-order valence-electron chi connectivity index (χ3n) is 5.44. The van der Waals surface area contributed by atoms with Crippen molar-refractivity contribution in [3.05, 3.63) is 41.2 Å². The Morgan fingerprint density at radius 1 is 1.32 bits per heavy atom. The van der Waals surface area contributed by atoms with E-state index in [0.29, 0.717) is 34.8 Å². The fourth-order valence-corrected chi connectivity index (χ4v) is 5.21. The molecular weight excluding hydrogens is 376 g/mol. The lowest BCUT2D eigenvalue weighted by molar-refractivity contribution is -0.122. The van der Waals surface area contributed by atoms with Crippen LogP contribution >= 0.6 is 11.8 Å². The van der Waals surface area contributed by atoms with Crippen LogP contribution in [0.25, 0.3) is 0 Å². The molecule has 1 aromatic carbocycles. The molecule has 28 heavy (non-hydrogen) atoms. The van der Waals surface area contributed by atoms with E-state index >= 15 is 0 Å². The molecule has 1 aliphatic heterocycles. The first-order chi connectivity index (χ1) is 13.4. The van der Waals surface area contributed by atoms with E-state index in [9.17, 15) is 14.9 Å². The molecule has 1 unspecified atom stereocenters. The maximum absolute atomic E-state index is 12.5. The second-order valence-electron chi connectivity index (χ2n) is 6.96. The van der Waals surface area contributed by atoms with Crippen LogP contribution in [0.3, 0.4) is 0 Å². The summed E-state index contributed by atoms with van der Waals surface area (Å²) >= 11 is 1.17. The van der Waals surface area contributed by atoms with E-state index < -0.39 is 17.2 Å². The average molecular weight is 398 g/mol. The second-order valence-corrected chi connectivity index (χ2v) is 7.96. The number of benzene rings is 1. The van der Waals surface area contributed by atoms with E-state index in [4.69, 9.17) is 16.2 Å². The molecule has 1 fully saturated rings. The lowest BCUT2D eigenvalue weighted by atomic mass is 9.67. The second kappa shape index (κ2) is 8.07. The molecule has 1 spiro atoms. The maximum atomic E-state index is 12.5. The minimum absolute atomic E-state index is 0.0974. The molecule has 1 aliphatic carbocycles. The van der Waals surface area contributed by atoms with Crippen LogP contribution in [-0.2, 0) is 4.79 Å². The van der Waals surface area contributed by atoms with Gasteiger partial charge in [0, 0.05) is 11.0 Å². The number of hydrogen-bond donors (Lipinski definition) is 2. The molecule has 0 bridgehead atoms. The van der Waals surface area contributed by atoms with Crippen LogP contribution < -0.4 is 16.2 Å². The lowest BCUT2D eigenvalue weighted by Gasteiger charge is -2.38. The fourth-order valence-electron chi connectivity index (χ4n) is 4.10. The summed E-state index contributed by atoms with van der Waals surface area (Å²) in [5.41, 5.74) is 12.0. The highest BCUT2D eigenvalue weighted by atomic mass is 32.2. The number of Topliss-reactive ketones (excluding diaryl/α,β-unsaturated/α-hetero) is 1. The number of nitrogens with two attached hydrogens (primary N) is 2. The molecular formula is C20H22N4O3S. The van der Waals surface area contributed by atoms with E-state index in [1.54, 1.807) is 31.4 Å². The highest BCUT2D eigenvalue weighted by molar-refractivity contribution is 8.14. The maximum Gasteiger partial charge on any atom is 0.228 e. The first-order valence-corrected chi connectivity index (χ1v) is 10.00. The quantitative estimate of drug-likeness (QED) is 0.732. The molecule has 0 radical (unpaired) electrons. The van der Waals surface area contributed by atoms with Crippen molar-refractivity contribution in [2.24, 2.45) is 27.8 Å². The number of hydrogen-bond acceptors (Lipinski definition) is 7. The minimum Gasteiger partial charge on any atom is -0.497 e. The normalized spacial score (nSPS) is 20.6. The molecule has 1 aromatic rings. The molecule has 8 heteroatoms. The molecule has 1 saturated carbocycles. The molecule has 1 amide bonds. The van der Waals surface area contributed by atoms with Gasteiger partial charge in [-0.15, -0.1) is 11.8 Å². The standard InChI is InChI=1S/C20H22N4O3S/c1-27-13-6-4-12(5-7-13)15(25)11-28-19-16(18(23)26)20(8-2-3-9-20)14(10-21)17(22)24-19/h4-7,16H,2-3,8-9,11,22H2,1H3,(H2,23,26). The first-order valence-electron chi connectivity index (χ1n) is 9.01. The van der Waals surface area contributed by atoms with Crippen molar-refractivity contribution in [2.75, 3.05) is 12.9 Å². The van der Waals surface area contributed by atoms with Crippen molar-refractivity contribution in [1.82, 2.24) is 0 Å². The number of amides is 1. The van der Waals surface area contributed by atoms with Crippen LogP contribution in [0.2, 0.25) is 0 Å². The number of nitriles is 1. The molecule has 146 valence electrons. The van der Waals surface area contributed by atoms with Crippen molar-refractivity contribution in [1.29, 1.82) is 5.26 Å². The Bertz CT molecular complexity index is 893. The lowest BCUT2D eigenvalue weighted by Crippen LogP contribution is -2.46. The molecule has 1 atom stereocenters. The zero-order valence-electron chi connectivity index (χ0n) is 15.6. The Labute approximate surface area is 167 Å². The van der Waals surface area contributed by atoms with Gasteiger partial charge in [0.2, 0.25) is 5.91 Å². The number of carbonyl (C=O) groups is 2. The predicted octanol–water partition coefficient (Wildman–Crippen LogP) is 2.38. The molecule has 1 heterocycles. The van der Waals surface area contributed by atoms with Gasteiger partial charge in [-0.05, 0) is 37.1 Å². The fraction of sp³-hybridized carbons (Fsp3) is 0.400. The van der Waals surface area contributed by atoms with Gasteiger partial charge in [0.25, 0.3) is 0 Å². The van der Waals surface area contributed by atoms with Crippen LogP contribution in [0.15, 0.2) is 40.7 Å². The number of ketones is 1. The Kier molecular flexibility index (Phi) is 5.75. The third kappa shape index (κ3) is 3.50. The van der Waals surface area contributed by atoms with Crippen molar-refractivity contribution in [2.45, 2.75) is 25.7 Å². The monoisotopic (exact) mass is 398 g/mol. The Morgan fingerprint density at radius 2 is 1.96 bits per heavy atom. The van der Waals surface area contributed by atoms with Gasteiger partial charge >= 0.3 is 0 Å². The highest BCUT2D eigenvalue weighted by Crippen LogP contribution is 2.53. The summed E-state index contributed by atoms with van der Waals surface area (Å²) < 4.78 is 5.10. The minimum atomic E-state index is -0.731. The number of ether oxygens (including phenoxy) is 1. The van der Waals surface area contributed by atoms with Gasteiger partial charge in [0.1, 0.15) is 11.6 Å². The van der Waals surface area contributed by atoms with Crippen molar-refractivity contribution in [3.63, 3.8) is 0 Å². The summed E-state index contributed by atoms with van der Waals surface area (Å²) in [7, 11) is 1.56. The highest BCUT2D eigenvalue weighted by Gasteiger charge is 2.52. The van der Waals surface area contributed by atoms with E-state index in [-0.39, 0.29) is 17.4 Å². The summed E-state index contributed by atoms with van der Waals surface area (Å²) in [6, 6.07) is 8.96. The van der Waals surface area contributed by atoms with E-state index in [1.165, 1.54) is 11.8 Å². The molecule has 4 N–H and O–H groups in total. The molecule has 3 rings (SSSR count). The molecule has 0 aromatic heterocycles. The van der Waals surface area contributed by atoms with Crippen molar-refractivity contribution in [3.8, 4) is 11.8 Å². The Balaban J connectivity index is 1.85. The van der Waals surface area contributed by atoms with Gasteiger partial charge in [-0.3, -0.25) is 9.59 Å². The van der Waals surface area contributed by atoms with E-state index in [1.807, 2.05) is 0 Å². The number of rotatable bonds is 5. The van der Waals surface area contributed by atoms with Gasteiger partial charge in [0.05, 0.1) is 35.5 Å². The van der Waals surface area contributed by atoms with Crippen LogP contribution in [0.1, 0.15) is 36.0 Å². The summed E-state index contributed by atoms with van der Waals surface area (Å²) in [6.07, 6.45) is 3.11. The van der Waals surface area contributed by atoms with E-state index in [2.05, 4.69) is 11.1 Å². The average Bonchev–Trinajstić information content (AvgIpc) is 3.15. The van der Waals surface area contributed by atoms with Crippen molar-refractivity contribution >= 4 is 28.5 Å². The Morgan fingerprint density at radius 3 is 2.50 bits per heavy atom. The molecule has 0 saturated heterocycles. The van der Waals surface area contributed by atoms with Crippen LogP contribution in [0, 0.1) is 22.7 Å². The van der Waals surface area contributed by atoms with E-state index in [0.717, 1.165) is 12.8 Å². The zero-order valence-corrected chi connectivity index (χ0v) is 16.4. The number of nitrogens with zero attached hydrogens (tertiary/aromatic N) is 2. The number of thioether (sulfide) groups is 1. The third-order valence-corrected chi connectivity index (χ3v) is 6.47. The molecule has 7 nitrogen and oxygen atoms in total. The smallest absolute Gasteiger partial charge is 0.228 e. The summed E-state index contributed by atoms with van der Waals surface area (Å²) in [6.45, 7) is 0. The summed E-state index contributed by atoms with van der Waals surface area (Å²) in [5, 5.41) is 10.0. The van der Waals surface area contributed by atoms with Crippen LogP contribution in [0.5, 0.6) is 5.75 Å². The number of methoxy groups -OCH3 is 1. The summed E-state index contributed by atoms with van der Waals surface area (Å²) in [4.78, 5) is 29.2. The van der Waals surface area contributed by atoms with Gasteiger partial charge in [0.15, 0.2) is 5.78 Å². The zero-order chi connectivity index (χ0) is 20.3. The topological polar surface area (TPSA) is 132 Å². The van der Waals surface area contributed by atoms with Crippen LogP contribution in [-0.4, -0.2) is 29.6 Å². The number of allylic oxidation sites excluding steroid dienone is 1. The predicted molar refractivity (Wildman–Crippen MR) is 108 cm³/mol. The number of carbonyl (C=O) groups excluding carboxylic acids is 2. The number of primary amides is 1. The number of aliphatic imine (C=N–C) groups is 1. The largest absolute Gasteiger partial charge is 0.497 e. The van der Waals surface area contributed by atoms with Crippen LogP contribution in [0.4, 0.5) is 0 Å². The van der Waals surface area contributed by atoms with Crippen molar-refractivity contribution < 1.29 is 14.3 Å². The van der Waals surface area contributed by atoms with Gasteiger partial charge in [-0.1, -0.05) is 12.8 Å². The molecule has 2 aliphatic rings. The first kappa shape index (κ1) is 20.0. The van der Waals surface area contributed by atoms with Gasteiger partial charge in [-0.25, -0.2) is 4.99 Å². The van der Waals surface area contributed by atoms with Gasteiger partial charge in [-0.2, -0.15) is 5.26 Å². The Hall–Kier alpha value is -2.79.